The number of amides is 3. The van der Waals surface area contributed by atoms with E-state index >= 15 is 0 Å². The third kappa shape index (κ3) is 3.99. The molecule has 3 heterocycles. The second kappa shape index (κ2) is 7.85. The molecule has 2 aliphatic rings. The fraction of sp³-hybridized carbons (Fsp3) is 0.526. The molecule has 0 spiro atoms. The molecule has 0 aromatic carbocycles. The predicted molar refractivity (Wildman–Crippen MR) is 99.2 cm³/mol. The molecule has 0 atom stereocenters. The van der Waals surface area contributed by atoms with Gasteiger partial charge in [0.1, 0.15) is 5.69 Å². The molecule has 1 saturated carbocycles. The zero-order valence-corrected chi connectivity index (χ0v) is 15.3. The Morgan fingerprint density at radius 2 is 1.85 bits per heavy atom. The summed E-state index contributed by atoms with van der Waals surface area (Å²) in [5.41, 5.74) is 1.04. The lowest BCUT2D eigenvalue weighted by Gasteiger charge is -2.35. The van der Waals surface area contributed by atoms with Gasteiger partial charge in [-0.15, -0.1) is 0 Å². The molecule has 2 fully saturated rings. The molecule has 27 heavy (non-hydrogen) atoms. The number of hydrogen-bond donors (Lipinski definition) is 2. The summed E-state index contributed by atoms with van der Waals surface area (Å²) in [4.78, 5) is 28.6. The van der Waals surface area contributed by atoms with Crippen LogP contribution in [-0.2, 0) is 0 Å². The number of hydrogen-bond acceptors (Lipinski definition) is 4. The van der Waals surface area contributed by atoms with E-state index in [1.54, 1.807) is 28.2 Å². The third-order valence-corrected chi connectivity index (χ3v) is 5.37. The number of rotatable bonds is 3. The van der Waals surface area contributed by atoms with Gasteiger partial charge in [-0.1, -0.05) is 19.3 Å². The van der Waals surface area contributed by atoms with Crippen molar-refractivity contribution in [3.8, 4) is 11.5 Å². The van der Waals surface area contributed by atoms with Crippen LogP contribution in [0.1, 0.15) is 42.6 Å². The number of carbonyl (C=O) groups is 2. The molecule has 1 saturated heterocycles. The zero-order chi connectivity index (χ0) is 18.6. The Kier molecular flexibility index (Phi) is 5.13. The highest BCUT2D eigenvalue weighted by atomic mass is 16.3. The third-order valence-electron chi connectivity index (χ3n) is 5.37. The average molecular weight is 371 g/mol. The second-order valence-electron chi connectivity index (χ2n) is 7.21. The Morgan fingerprint density at radius 1 is 1.11 bits per heavy atom. The molecule has 144 valence electrons. The van der Waals surface area contributed by atoms with Gasteiger partial charge in [-0.25, -0.2) is 4.79 Å². The SMILES string of the molecule is O=C(NC1CCCCC1)N1CCN(C(=O)c2cc(-c3ccco3)[nH]n2)CC1. The fourth-order valence-electron chi connectivity index (χ4n) is 3.78. The minimum absolute atomic E-state index is 0.00567. The van der Waals surface area contributed by atoms with Crippen LogP contribution in [0.2, 0.25) is 0 Å². The molecular formula is C19H25N5O3. The minimum atomic E-state index is -0.128. The average Bonchev–Trinajstić information content (AvgIpc) is 3.40. The number of aromatic nitrogens is 2. The molecule has 0 radical (unpaired) electrons. The van der Waals surface area contributed by atoms with E-state index in [4.69, 9.17) is 4.42 Å². The van der Waals surface area contributed by atoms with Gasteiger partial charge in [0.2, 0.25) is 0 Å². The first-order valence-corrected chi connectivity index (χ1v) is 9.65. The van der Waals surface area contributed by atoms with Crippen molar-refractivity contribution >= 4 is 11.9 Å². The summed E-state index contributed by atoms with van der Waals surface area (Å²) in [6, 6.07) is 5.59. The molecule has 2 aromatic rings. The first-order valence-electron chi connectivity index (χ1n) is 9.65. The molecule has 2 aromatic heterocycles. The molecule has 1 aliphatic carbocycles. The minimum Gasteiger partial charge on any atom is -0.463 e. The van der Waals surface area contributed by atoms with Crippen LogP contribution >= 0.6 is 0 Å². The van der Waals surface area contributed by atoms with Crippen LogP contribution in [-0.4, -0.2) is 64.2 Å². The number of piperazine rings is 1. The topological polar surface area (TPSA) is 94.5 Å². The van der Waals surface area contributed by atoms with Crippen molar-refractivity contribution in [2.24, 2.45) is 0 Å². The van der Waals surface area contributed by atoms with Crippen LogP contribution in [0, 0.1) is 0 Å². The summed E-state index contributed by atoms with van der Waals surface area (Å²) >= 11 is 0. The Hall–Kier alpha value is -2.77. The summed E-state index contributed by atoms with van der Waals surface area (Å²) in [6.07, 6.45) is 7.37. The van der Waals surface area contributed by atoms with Crippen LogP contribution in [0.15, 0.2) is 28.9 Å². The van der Waals surface area contributed by atoms with E-state index in [1.807, 2.05) is 6.07 Å². The Morgan fingerprint density at radius 3 is 2.56 bits per heavy atom. The second-order valence-corrected chi connectivity index (χ2v) is 7.21. The van der Waals surface area contributed by atoms with Crippen LogP contribution in [0.5, 0.6) is 0 Å². The standard InChI is InChI=1S/C19H25N5O3/c25-18(16-13-15(21-22-16)17-7-4-12-27-17)23-8-10-24(11-9-23)19(26)20-14-5-2-1-3-6-14/h4,7,12-14H,1-3,5-6,8-11H2,(H,20,26)(H,21,22). The Labute approximate surface area is 157 Å². The number of nitrogens with one attached hydrogen (secondary N) is 2. The maximum Gasteiger partial charge on any atom is 0.317 e. The van der Waals surface area contributed by atoms with Gasteiger partial charge in [0, 0.05) is 38.3 Å². The summed E-state index contributed by atoms with van der Waals surface area (Å²) < 4.78 is 5.31. The summed E-state index contributed by atoms with van der Waals surface area (Å²) in [7, 11) is 0. The van der Waals surface area contributed by atoms with Gasteiger partial charge in [-0.05, 0) is 25.0 Å². The number of furan rings is 1. The lowest BCUT2D eigenvalue weighted by atomic mass is 9.96. The maximum atomic E-state index is 12.7. The van der Waals surface area contributed by atoms with E-state index in [0.717, 1.165) is 12.8 Å². The number of nitrogens with zero attached hydrogens (tertiary/aromatic N) is 3. The van der Waals surface area contributed by atoms with Gasteiger partial charge in [0.05, 0.1) is 6.26 Å². The van der Waals surface area contributed by atoms with E-state index in [1.165, 1.54) is 19.3 Å². The van der Waals surface area contributed by atoms with Gasteiger partial charge in [0.25, 0.3) is 5.91 Å². The first kappa shape index (κ1) is 17.6. The normalized spacial score (nSPS) is 18.5. The zero-order valence-electron chi connectivity index (χ0n) is 15.3. The largest absolute Gasteiger partial charge is 0.463 e. The Balaban J connectivity index is 1.29. The molecule has 4 rings (SSSR count). The van der Waals surface area contributed by atoms with Crippen LogP contribution < -0.4 is 5.32 Å². The van der Waals surface area contributed by atoms with Gasteiger partial charge in [-0.3, -0.25) is 9.89 Å². The molecule has 1 aliphatic heterocycles. The van der Waals surface area contributed by atoms with Crippen molar-refractivity contribution < 1.29 is 14.0 Å². The van der Waals surface area contributed by atoms with E-state index < -0.39 is 0 Å². The van der Waals surface area contributed by atoms with Crippen molar-refractivity contribution in [1.82, 2.24) is 25.3 Å². The number of urea groups is 1. The highest BCUT2D eigenvalue weighted by molar-refractivity contribution is 5.93. The van der Waals surface area contributed by atoms with E-state index in [0.29, 0.717) is 49.4 Å². The molecule has 3 amide bonds. The van der Waals surface area contributed by atoms with Gasteiger partial charge < -0.3 is 19.5 Å². The number of H-pyrrole nitrogens is 1. The Bertz CT molecular complexity index is 771. The molecule has 0 unspecified atom stereocenters. The van der Waals surface area contributed by atoms with E-state index in [-0.39, 0.29) is 11.9 Å². The van der Waals surface area contributed by atoms with Crippen LogP contribution in [0.3, 0.4) is 0 Å². The van der Waals surface area contributed by atoms with Gasteiger partial charge in [-0.2, -0.15) is 5.10 Å². The van der Waals surface area contributed by atoms with Crippen molar-refractivity contribution in [3.05, 3.63) is 30.2 Å². The number of aromatic amines is 1. The van der Waals surface area contributed by atoms with Gasteiger partial charge >= 0.3 is 6.03 Å². The molecule has 8 heteroatoms. The van der Waals surface area contributed by atoms with Crippen LogP contribution in [0.4, 0.5) is 4.79 Å². The van der Waals surface area contributed by atoms with Crippen molar-refractivity contribution in [2.45, 2.75) is 38.1 Å². The van der Waals surface area contributed by atoms with E-state index in [2.05, 4.69) is 15.5 Å². The smallest absolute Gasteiger partial charge is 0.317 e. The quantitative estimate of drug-likeness (QED) is 0.866. The van der Waals surface area contributed by atoms with Crippen molar-refractivity contribution in [1.29, 1.82) is 0 Å². The highest BCUT2D eigenvalue weighted by Gasteiger charge is 2.27. The van der Waals surface area contributed by atoms with Crippen molar-refractivity contribution in [2.75, 3.05) is 26.2 Å². The lowest BCUT2D eigenvalue weighted by Crippen LogP contribution is -2.54. The molecule has 8 nitrogen and oxygen atoms in total. The molecule has 0 bridgehead atoms. The monoisotopic (exact) mass is 371 g/mol. The lowest BCUT2D eigenvalue weighted by molar-refractivity contribution is 0.0656. The first-order chi connectivity index (χ1) is 13.2. The molecular weight excluding hydrogens is 346 g/mol. The maximum absolute atomic E-state index is 12.7. The highest BCUT2D eigenvalue weighted by Crippen LogP contribution is 2.20. The summed E-state index contributed by atoms with van der Waals surface area (Å²) in [5, 5.41) is 10.1. The summed E-state index contributed by atoms with van der Waals surface area (Å²) in [5.74, 6) is 0.516. The number of carbonyl (C=O) groups excluding carboxylic acids is 2. The van der Waals surface area contributed by atoms with E-state index in [9.17, 15) is 9.59 Å². The van der Waals surface area contributed by atoms with Crippen LogP contribution in [0.25, 0.3) is 11.5 Å². The predicted octanol–water partition coefficient (Wildman–Crippen LogP) is 2.47. The van der Waals surface area contributed by atoms with Crippen molar-refractivity contribution in [3.63, 3.8) is 0 Å². The molecule has 2 N–H and O–H groups in total. The fourth-order valence-corrected chi connectivity index (χ4v) is 3.78. The van der Waals surface area contributed by atoms with Gasteiger partial charge in [0.15, 0.2) is 11.5 Å². The summed E-state index contributed by atoms with van der Waals surface area (Å²) in [6.45, 7) is 2.11.